The fourth-order valence-corrected chi connectivity index (χ4v) is 10.2. The molecule has 0 saturated heterocycles. The van der Waals surface area contributed by atoms with Crippen LogP contribution in [0, 0.1) is 3.57 Å². The topological polar surface area (TPSA) is 195 Å². The van der Waals surface area contributed by atoms with Crippen LogP contribution in [0.5, 0.6) is 17.2 Å². The largest absolute Gasteiger partial charge is 0.497 e. The summed E-state index contributed by atoms with van der Waals surface area (Å²) in [5.74, 6) is 1.77. The SMILES string of the molecule is COc1ccc(CN(Cc2ccc(OC)cc2)S(=O)(=O)c2c(S(=O)(=O)NCCN(C(=O)O)C(C)(C)C)ccc(I)c2-c2nnnn2Cc2ccc(OC)cc2)cc1. The first-order chi connectivity index (χ1) is 27.0. The number of carbonyl (C=O) groups is 1. The van der Waals surface area contributed by atoms with Crippen molar-refractivity contribution in [2.24, 2.45) is 0 Å². The standard InChI is InChI=1S/C38H44IN7O9S2/c1-38(2,3)45(37(47)48)22-21-40-56(49,50)33-20-19-32(39)34(36-41-42-43-46(36)25-28-11-17-31(55-6)18-12-28)35(33)57(51,52)44(23-26-7-13-29(53-4)14-8-26)24-27-9-15-30(54-5)16-10-27/h7-20,40H,21-25H2,1-6H3,(H,47,48). The molecule has 0 fully saturated rings. The molecule has 0 atom stereocenters. The molecule has 0 spiro atoms. The first-order valence-corrected chi connectivity index (χ1v) is 21.5. The summed E-state index contributed by atoms with van der Waals surface area (Å²) in [7, 11) is -4.84. The zero-order valence-electron chi connectivity index (χ0n) is 32.2. The summed E-state index contributed by atoms with van der Waals surface area (Å²) in [4.78, 5) is 12.0. The van der Waals surface area contributed by atoms with E-state index in [1.54, 1.807) is 101 Å². The van der Waals surface area contributed by atoms with Crippen LogP contribution >= 0.6 is 22.6 Å². The molecule has 5 rings (SSSR count). The molecule has 2 N–H and O–H groups in total. The van der Waals surface area contributed by atoms with Crippen molar-refractivity contribution in [1.29, 1.82) is 0 Å². The van der Waals surface area contributed by atoms with Gasteiger partial charge in [-0.15, -0.1) is 5.10 Å². The molecule has 57 heavy (non-hydrogen) atoms. The van der Waals surface area contributed by atoms with Crippen LogP contribution in [-0.2, 0) is 39.7 Å². The lowest BCUT2D eigenvalue weighted by Crippen LogP contribution is -2.48. The van der Waals surface area contributed by atoms with Gasteiger partial charge in [-0.1, -0.05) is 36.4 Å². The Labute approximate surface area is 346 Å². The maximum absolute atomic E-state index is 15.5. The Balaban J connectivity index is 1.70. The summed E-state index contributed by atoms with van der Waals surface area (Å²) >= 11 is 1.95. The molecule has 304 valence electrons. The highest BCUT2D eigenvalue weighted by Gasteiger charge is 2.38. The number of tetrazole rings is 1. The van der Waals surface area contributed by atoms with E-state index in [0.717, 1.165) is 10.5 Å². The summed E-state index contributed by atoms with van der Waals surface area (Å²) in [6.07, 6.45) is -1.24. The summed E-state index contributed by atoms with van der Waals surface area (Å²) in [6, 6.07) is 23.6. The third-order valence-corrected chi connectivity index (χ3v) is 13.3. The van der Waals surface area contributed by atoms with E-state index in [9.17, 15) is 18.3 Å². The smallest absolute Gasteiger partial charge is 0.407 e. The van der Waals surface area contributed by atoms with Crippen molar-refractivity contribution in [1.82, 2.24) is 34.1 Å². The Morgan fingerprint density at radius 1 is 0.789 bits per heavy atom. The number of amides is 1. The van der Waals surface area contributed by atoms with Crippen LogP contribution in [0.15, 0.2) is 94.7 Å². The van der Waals surface area contributed by atoms with Gasteiger partial charge in [0, 0.05) is 35.3 Å². The third kappa shape index (κ3) is 10.4. The van der Waals surface area contributed by atoms with Crippen molar-refractivity contribution in [3.05, 3.63) is 105 Å². The van der Waals surface area contributed by atoms with Crippen LogP contribution in [0.2, 0.25) is 0 Å². The minimum Gasteiger partial charge on any atom is -0.497 e. The highest BCUT2D eigenvalue weighted by Crippen LogP contribution is 2.38. The highest BCUT2D eigenvalue weighted by atomic mass is 127. The number of nitrogens with zero attached hydrogens (tertiary/aromatic N) is 6. The quantitative estimate of drug-likeness (QED) is 0.112. The molecule has 0 unspecified atom stereocenters. The van der Waals surface area contributed by atoms with E-state index in [4.69, 9.17) is 14.2 Å². The molecule has 1 amide bonds. The van der Waals surface area contributed by atoms with Crippen LogP contribution in [0.4, 0.5) is 4.79 Å². The van der Waals surface area contributed by atoms with E-state index < -0.39 is 41.5 Å². The third-order valence-electron chi connectivity index (χ3n) is 8.91. The van der Waals surface area contributed by atoms with E-state index >= 15 is 8.42 Å². The van der Waals surface area contributed by atoms with Gasteiger partial charge in [-0.3, -0.25) is 0 Å². The maximum Gasteiger partial charge on any atom is 0.407 e. The highest BCUT2D eigenvalue weighted by molar-refractivity contribution is 14.1. The van der Waals surface area contributed by atoms with E-state index in [1.165, 1.54) is 35.3 Å². The lowest BCUT2D eigenvalue weighted by atomic mass is 10.1. The van der Waals surface area contributed by atoms with Gasteiger partial charge in [-0.05, 0) is 119 Å². The number of benzene rings is 4. The van der Waals surface area contributed by atoms with Crippen molar-refractivity contribution < 1.29 is 40.9 Å². The van der Waals surface area contributed by atoms with Gasteiger partial charge in [0.15, 0.2) is 5.82 Å². The van der Waals surface area contributed by atoms with Crippen molar-refractivity contribution in [2.45, 2.75) is 55.7 Å². The number of ether oxygens (including phenoxy) is 3. The van der Waals surface area contributed by atoms with Gasteiger partial charge in [0.25, 0.3) is 0 Å². The Morgan fingerprint density at radius 2 is 1.28 bits per heavy atom. The maximum atomic E-state index is 15.5. The number of rotatable bonds is 17. The molecule has 1 heterocycles. The normalized spacial score (nSPS) is 12.1. The molecule has 19 heteroatoms. The molecule has 16 nitrogen and oxygen atoms in total. The van der Waals surface area contributed by atoms with Gasteiger partial charge >= 0.3 is 6.09 Å². The van der Waals surface area contributed by atoms with Crippen LogP contribution < -0.4 is 18.9 Å². The van der Waals surface area contributed by atoms with Crippen LogP contribution in [0.3, 0.4) is 0 Å². The molecule has 0 saturated carbocycles. The van der Waals surface area contributed by atoms with Crippen LogP contribution in [-0.4, -0.2) is 97.4 Å². The Kier molecular flexibility index (Phi) is 13.8. The Hall–Kier alpha value is -4.83. The summed E-state index contributed by atoms with van der Waals surface area (Å²) < 4.78 is 81.0. The molecule has 4 aromatic carbocycles. The second-order valence-electron chi connectivity index (χ2n) is 13.7. The number of hydrogen-bond acceptors (Lipinski definition) is 11. The number of nitrogens with one attached hydrogen (secondary N) is 1. The molecule has 0 radical (unpaired) electrons. The molecule has 5 aromatic rings. The second-order valence-corrected chi connectivity index (χ2v) is 18.5. The van der Waals surface area contributed by atoms with Gasteiger partial charge in [0.2, 0.25) is 20.0 Å². The first-order valence-electron chi connectivity index (χ1n) is 17.5. The average molecular weight is 934 g/mol. The number of carboxylic acid groups (broad SMARTS) is 1. The molecule has 0 aliphatic heterocycles. The lowest BCUT2D eigenvalue weighted by molar-refractivity contribution is 0.102. The lowest BCUT2D eigenvalue weighted by Gasteiger charge is -2.33. The van der Waals surface area contributed by atoms with Crippen molar-refractivity contribution >= 4 is 48.7 Å². The van der Waals surface area contributed by atoms with E-state index in [2.05, 4.69) is 20.2 Å². The average Bonchev–Trinajstić information content (AvgIpc) is 3.63. The minimum absolute atomic E-state index is 0.00414. The van der Waals surface area contributed by atoms with Crippen LogP contribution in [0.1, 0.15) is 37.5 Å². The summed E-state index contributed by atoms with van der Waals surface area (Å²) in [5, 5.41) is 22.1. The van der Waals surface area contributed by atoms with Gasteiger partial charge < -0.3 is 24.2 Å². The Bertz CT molecular complexity index is 2340. The predicted molar refractivity (Wildman–Crippen MR) is 220 cm³/mol. The zero-order valence-corrected chi connectivity index (χ0v) is 36.0. The van der Waals surface area contributed by atoms with E-state index in [1.807, 2.05) is 22.6 Å². The van der Waals surface area contributed by atoms with Crippen LogP contribution in [0.25, 0.3) is 11.4 Å². The predicted octanol–water partition coefficient (Wildman–Crippen LogP) is 5.47. The van der Waals surface area contributed by atoms with Gasteiger partial charge in [0.05, 0.1) is 33.4 Å². The molecule has 0 aliphatic rings. The van der Waals surface area contributed by atoms with E-state index in [0.29, 0.717) is 31.9 Å². The molecule has 0 bridgehead atoms. The number of halogens is 1. The Morgan fingerprint density at radius 3 is 1.74 bits per heavy atom. The van der Waals surface area contributed by atoms with E-state index in [-0.39, 0.29) is 44.1 Å². The molecule has 1 aromatic heterocycles. The molecule has 0 aliphatic carbocycles. The monoisotopic (exact) mass is 933 g/mol. The fourth-order valence-electron chi connectivity index (χ4n) is 5.92. The summed E-state index contributed by atoms with van der Waals surface area (Å²) in [6.45, 7) is 4.28. The fraction of sp³-hybridized carbons (Fsp3) is 0.316. The number of hydrogen-bond donors (Lipinski definition) is 2. The van der Waals surface area contributed by atoms with Gasteiger partial charge in [-0.25, -0.2) is 31.0 Å². The van der Waals surface area contributed by atoms with Gasteiger partial charge in [0.1, 0.15) is 27.0 Å². The van der Waals surface area contributed by atoms with Crippen molar-refractivity contribution in [2.75, 3.05) is 34.4 Å². The second kappa shape index (κ2) is 18.2. The number of sulfonamides is 2. The number of aromatic nitrogens is 4. The first kappa shape index (κ1) is 43.3. The number of methoxy groups -OCH3 is 3. The van der Waals surface area contributed by atoms with Crippen molar-refractivity contribution in [3.8, 4) is 28.6 Å². The van der Waals surface area contributed by atoms with Crippen molar-refractivity contribution in [3.63, 3.8) is 0 Å². The zero-order chi connectivity index (χ0) is 41.5. The summed E-state index contributed by atoms with van der Waals surface area (Å²) in [5.41, 5.74) is 1.09. The van der Waals surface area contributed by atoms with Gasteiger partial charge in [-0.2, -0.15) is 4.31 Å². The molecular formula is C38H44IN7O9S2. The minimum atomic E-state index is -4.78. The molecular weight excluding hydrogens is 889 g/mol.